The van der Waals surface area contributed by atoms with Crippen molar-refractivity contribution in [3.05, 3.63) is 71.8 Å². The zero-order valence-corrected chi connectivity index (χ0v) is 34.7. The molecule has 12 heteroatoms. The summed E-state index contributed by atoms with van der Waals surface area (Å²) >= 11 is 0. The fraction of sp³-hybridized carbons (Fsp3) is 0.628. The van der Waals surface area contributed by atoms with Crippen LogP contribution in [0.1, 0.15) is 135 Å². The molecule has 0 saturated carbocycles. The normalized spacial score (nSPS) is 20.9. The van der Waals surface area contributed by atoms with Gasteiger partial charge in [0.25, 0.3) is 0 Å². The number of rotatable bonds is 13. The number of benzene rings is 2. The molecule has 0 aromatic heterocycles. The van der Waals surface area contributed by atoms with E-state index < -0.39 is 69.7 Å². The lowest BCUT2D eigenvalue weighted by molar-refractivity contribution is -0.282. The number of piperidine rings is 2. The van der Waals surface area contributed by atoms with E-state index in [1.165, 1.54) is 0 Å². The highest BCUT2D eigenvalue weighted by atomic mass is 16.5. The number of amides is 2. The second-order valence-electron chi connectivity index (χ2n) is 18.9. The molecule has 4 N–H and O–H groups in total. The van der Waals surface area contributed by atoms with Crippen molar-refractivity contribution in [2.45, 2.75) is 155 Å². The van der Waals surface area contributed by atoms with Crippen LogP contribution < -0.4 is 10.6 Å². The maximum Gasteiger partial charge on any atom is 0.407 e. The van der Waals surface area contributed by atoms with Crippen LogP contribution in [0.25, 0.3) is 0 Å². The van der Waals surface area contributed by atoms with Crippen LogP contribution in [0.4, 0.5) is 9.59 Å². The van der Waals surface area contributed by atoms with Gasteiger partial charge in [-0.25, -0.2) is 19.2 Å². The number of likely N-dealkylation sites (tertiary alicyclic amines) is 2. The van der Waals surface area contributed by atoms with Gasteiger partial charge < -0.3 is 25.0 Å². The lowest BCUT2D eigenvalue weighted by Gasteiger charge is -2.72. The van der Waals surface area contributed by atoms with E-state index in [-0.39, 0.29) is 12.5 Å². The average Bonchev–Trinajstić information content (AvgIpc) is 3.02. The second-order valence-corrected chi connectivity index (χ2v) is 18.9. The Bertz CT molecular complexity index is 1540. The number of nitrogens with one attached hydrogen (secondary N) is 2. The summed E-state index contributed by atoms with van der Waals surface area (Å²) in [7, 11) is 0. The smallest absolute Gasteiger partial charge is 0.407 e. The lowest BCUT2D eigenvalue weighted by Crippen LogP contribution is -2.87. The van der Waals surface area contributed by atoms with Crippen LogP contribution >= 0.6 is 0 Å². The minimum absolute atomic E-state index is 0.249. The fourth-order valence-corrected chi connectivity index (χ4v) is 10.5. The molecule has 0 bridgehead atoms. The van der Waals surface area contributed by atoms with E-state index in [4.69, 9.17) is 9.47 Å². The predicted octanol–water partition coefficient (Wildman–Crippen LogP) is 8.38. The molecule has 2 heterocycles. The third kappa shape index (κ3) is 9.99. The molecule has 2 saturated heterocycles. The summed E-state index contributed by atoms with van der Waals surface area (Å²) < 4.78 is 12.4. The van der Waals surface area contributed by atoms with Crippen LogP contribution in [-0.4, -0.2) is 90.8 Å². The Morgan fingerprint density at radius 2 is 1.05 bits per heavy atom. The lowest BCUT2D eigenvalue weighted by atomic mass is 9.68. The highest BCUT2D eigenvalue weighted by molar-refractivity contribution is 5.90. The molecule has 2 aliphatic rings. The number of nitrogens with zero attached hydrogens (tertiary/aromatic N) is 2. The summed E-state index contributed by atoms with van der Waals surface area (Å²) in [4.78, 5) is 56.1. The predicted molar refractivity (Wildman–Crippen MR) is 212 cm³/mol. The maximum absolute atomic E-state index is 13.4. The Labute approximate surface area is 327 Å². The van der Waals surface area contributed by atoms with Crippen LogP contribution in [0.2, 0.25) is 0 Å². The third-order valence-electron chi connectivity index (χ3n) is 11.5. The summed E-state index contributed by atoms with van der Waals surface area (Å²) in [6, 6.07) is 17.8. The Hall–Kier alpha value is -4.16. The van der Waals surface area contributed by atoms with Crippen molar-refractivity contribution >= 4 is 24.1 Å². The molecule has 1 atom stereocenters. The van der Waals surface area contributed by atoms with E-state index in [0.29, 0.717) is 49.7 Å². The van der Waals surface area contributed by atoms with E-state index in [1.54, 1.807) is 48.5 Å². The van der Waals surface area contributed by atoms with Crippen LogP contribution in [0.5, 0.6) is 0 Å². The maximum atomic E-state index is 13.4. The van der Waals surface area contributed by atoms with Gasteiger partial charge in [0.15, 0.2) is 5.79 Å². The van der Waals surface area contributed by atoms with Crippen LogP contribution in [0.15, 0.2) is 60.7 Å². The molecule has 2 aromatic rings. The Balaban J connectivity index is 1.85. The molecule has 55 heavy (non-hydrogen) atoms. The van der Waals surface area contributed by atoms with Crippen molar-refractivity contribution in [2.75, 3.05) is 6.54 Å². The van der Waals surface area contributed by atoms with E-state index in [2.05, 4.69) is 96.6 Å². The molecule has 2 aromatic carbocycles. The molecule has 0 aliphatic carbocycles. The summed E-state index contributed by atoms with van der Waals surface area (Å²) in [6.45, 7) is 23.1. The number of esters is 2. The second kappa shape index (κ2) is 16.1. The zero-order chi connectivity index (χ0) is 41.2. The first-order valence-electron chi connectivity index (χ1n) is 19.4. The van der Waals surface area contributed by atoms with Crippen LogP contribution in [0.3, 0.4) is 0 Å². The summed E-state index contributed by atoms with van der Waals surface area (Å²) in [5.74, 6) is -2.56. The third-order valence-corrected chi connectivity index (χ3v) is 11.5. The Morgan fingerprint density at radius 1 is 0.691 bits per heavy atom. The average molecular weight is 765 g/mol. The van der Waals surface area contributed by atoms with Crippen molar-refractivity contribution in [1.29, 1.82) is 0 Å². The SMILES string of the molecule is CC(CC(C)(C)CCNC(=O)O)C(NC(=O)O)(N1C(C)(C)CC(OC(=O)c2ccccc2)CC1(C)C)N1C(C)(C)CC(OC(=O)c2ccccc2)CC1(C)C. The first-order chi connectivity index (χ1) is 25.3. The first-order valence-corrected chi connectivity index (χ1v) is 19.4. The van der Waals surface area contributed by atoms with Gasteiger partial charge in [0, 0.05) is 60.3 Å². The fourth-order valence-electron chi connectivity index (χ4n) is 10.5. The highest BCUT2D eigenvalue weighted by Crippen LogP contribution is 2.55. The first kappa shape index (κ1) is 43.6. The summed E-state index contributed by atoms with van der Waals surface area (Å²) in [5, 5.41) is 25.9. The molecular weight excluding hydrogens is 700 g/mol. The molecule has 2 aliphatic heterocycles. The minimum Gasteiger partial charge on any atom is -0.465 e. The number of hydrogen-bond acceptors (Lipinski definition) is 8. The molecule has 0 radical (unpaired) electrons. The van der Waals surface area contributed by atoms with Crippen molar-refractivity contribution in [3.63, 3.8) is 0 Å². The van der Waals surface area contributed by atoms with Gasteiger partial charge in [0.1, 0.15) is 12.2 Å². The quantitative estimate of drug-likeness (QED) is 0.146. The van der Waals surface area contributed by atoms with Gasteiger partial charge in [-0.15, -0.1) is 0 Å². The van der Waals surface area contributed by atoms with E-state index in [1.807, 2.05) is 12.1 Å². The molecule has 2 fully saturated rings. The topological polar surface area (TPSA) is 158 Å². The van der Waals surface area contributed by atoms with Gasteiger partial charge in [-0.05, 0) is 97.9 Å². The van der Waals surface area contributed by atoms with Gasteiger partial charge >= 0.3 is 24.1 Å². The highest BCUT2D eigenvalue weighted by Gasteiger charge is 2.66. The number of hydrogen-bond donors (Lipinski definition) is 4. The minimum atomic E-state index is -1.37. The number of ether oxygens (including phenoxy) is 2. The Kier molecular flexibility index (Phi) is 12.8. The van der Waals surface area contributed by atoms with Gasteiger partial charge in [0.2, 0.25) is 0 Å². The Morgan fingerprint density at radius 3 is 1.38 bits per heavy atom. The molecule has 12 nitrogen and oxygen atoms in total. The van der Waals surface area contributed by atoms with E-state index in [0.717, 1.165) is 0 Å². The van der Waals surface area contributed by atoms with Crippen LogP contribution in [0, 0.1) is 11.3 Å². The van der Waals surface area contributed by atoms with E-state index >= 15 is 0 Å². The van der Waals surface area contributed by atoms with Gasteiger partial charge in [-0.1, -0.05) is 57.2 Å². The van der Waals surface area contributed by atoms with Gasteiger partial charge in [-0.2, -0.15) is 0 Å². The number of carbonyl (C=O) groups is 4. The number of carbonyl (C=O) groups excluding carboxylic acids is 2. The molecule has 304 valence electrons. The summed E-state index contributed by atoms with van der Waals surface area (Å²) in [6.07, 6.45) is -0.393. The monoisotopic (exact) mass is 764 g/mol. The molecular formula is C43H64N4O8. The molecule has 2 amide bonds. The largest absolute Gasteiger partial charge is 0.465 e. The standard InChI is InChI=1S/C43H64N4O8/c1-29(24-38(2,3)22-23-44-36(50)51)43(45-37(52)53,46-39(4,5)25-32(26-40(46,6)7)54-34(48)30-18-14-12-15-19-30)47-41(8,9)27-33(28-42(47,10)11)55-35(49)31-20-16-13-17-21-31/h12-21,29,32-33,44-45H,22-28H2,1-11H3,(H,50,51)(H,52,53). The van der Waals surface area contributed by atoms with Crippen molar-refractivity contribution in [2.24, 2.45) is 11.3 Å². The van der Waals surface area contributed by atoms with Crippen molar-refractivity contribution < 1.29 is 38.9 Å². The number of carboxylic acid groups (broad SMARTS) is 2. The van der Waals surface area contributed by atoms with Gasteiger partial charge in [-0.3, -0.25) is 15.1 Å². The molecule has 4 rings (SSSR count). The van der Waals surface area contributed by atoms with E-state index in [9.17, 15) is 29.4 Å². The molecule has 0 spiro atoms. The van der Waals surface area contributed by atoms with Crippen molar-refractivity contribution in [3.8, 4) is 0 Å². The van der Waals surface area contributed by atoms with Crippen LogP contribution in [-0.2, 0) is 9.47 Å². The zero-order valence-electron chi connectivity index (χ0n) is 34.7. The molecule has 1 unspecified atom stereocenters. The van der Waals surface area contributed by atoms with Gasteiger partial charge in [0.05, 0.1) is 11.1 Å². The van der Waals surface area contributed by atoms with Crippen molar-refractivity contribution in [1.82, 2.24) is 20.4 Å². The summed E-state index contributed by atoms with van der Waals surface area (Å²) in [5.41, 5.74) is -2.43.